The number of hydrogen-bond acceptors (Lipinski definition) is 4. The first-order valence-electron chi connectivity index (χ1n) is 5.85. The van der Waals surface area contributed by atoms with Gasteiger partial charge in [-0.25, -0.2) is 13.4 Å². The lowest BCUT2D eigenvalue weighted by atomic mass is 10.2. The van der Waals surface area contributed by atoms with Crippen molar-refractivity contribution in [1.29, 1.82) is 0 Å². The number of rotatable bonds is 4. The van der Waals surface area contributed by atoms with Crippen LogP contribution < -0.4 is 10.5 Å². The number of aromatic nitrogens is 1. The van der Waals surface area contributed by atoms with E-state index in [9.17, 15) is 8.42 Å². The molecular weight excluding hydrogens is 330 g/mol. The lowest BCUT2D eigenvalue weighted by Gasteiger charge is -2.09. The molecule has 1 heterocycles. The number of pyridine rings is 1. The zero-order valence-corrected chi connectivity index (χ0v) is 13.4. The molecule has 0 saturated heterocycles. The average Bonchev–Trinajstić information content (AvgIpc) is 2.37. The molecule has 5 nitrogen and oxygen atoms in total. The van der Waals surface area contributed by atoms with Gasteiger partial charge >= 0.3 is 0 Å². The molecule has 0 aliphatic heterocycles. The van der Waals surface area contributed by atoms with Gasteiger partial charge in [0.25, 0.3) is 10.0 Å². The molecule has 21 heavy (non-hydrogen) atoms. The number of benzene rings is 1. The fraction of sp³-hybridized carbons (Fsp3) is 0.0769. The molecule has 1 aromatic heterocycles. The van der Waals surface area contributed by atoms with Gasteiger partial charge in [0.2, 0.25) is 0 Å². The Morgan fingerprint density at radius 3 is 2.62 bits per heavy atom. The van der Waals surface area contributed by atoms with Gasteiger partial charge in [-0.1, -0.05) is 29.9 Å². The maximum Gasteiger partial charge on any atom is 0.263 e. The van der Waals surface area contributed by atoms with Crippen LogP contribution in [0.25, 0.3) is 0 Å². The van der Waals surface area contributed by atoms with Crippen LogP contribution in [0.2, 0.25) is 5.02 Å². The number of hydrogen-bond donors (Lipinski definition) is 2. The predicted octanol–water partition coefficient (Wildman–Crippen LogP) is 2.48. The highest BCUT2D eigenvalue weighted by molar-refractivity contribution is 7.92. The number of halogens is 1. The summed E-state index contributed by atoms with van der Waals surface area (Å²) in [6.45, 7) is 1.77. The fourth-order valence-corrected chi connectivity index (χ4v) is 3.27. The molecule has 8 heteroatoms. The molecule has 0 atom stereocenters. The van der Waals surface area contributed by atoms with Gasteiger partial charge in [-0.15, -0.1) is 0 Å². The van der Waals surface area contributed by atoms with Crippen LogP contribution >= 0.6 is 23.8 Å². The molecule has 0 saturated carbocycles. The SMILES string of the molecule is Cc1cccc(NS(=O)(=O)c2ccc(C(N)=S)c(Cl)c2)n1. The van der Waals surface area contributed by atoms with E-state index in [1.54, 1.807) is 25.1 Å². The minimum absolute atomic E-state index is 0.0100. The highest BCUT2D eigenvalue weighted by atomic mass is 35.5. The van der Waals surface area contributed by atoms with Crippen molar-refractivity contribution in [1.82, 2.24) is 4.98 Å². The van der Waals surface area contributed by atoms with Crippen molar-refractivity contribution >= 4 is 44.6 Å². The van der Waals surface area contributed by atoms with Crippen molar-refractivity contribution in [3.05, 3.63) is 52.7 Å². The van der Waals surface area contributed by atoms with Crippen LogP contribution in [0, 0.1) is 6.92 Å². The summed E-state index contributed by atoms with van der Waals surface area (Å²) in [5.74, 6) is 0.240. The molecule has 0 amide bonds. The highest BCUT2D eigenvalue weighted by Gasteiger charge is 2.17. The zero-order valence-electron chi connectivity index (χ0n) is 11.0. The average molecular weight is 342 g/mol. The highest BCUT2D eigenvalue weighted by Crippen LogP contribution is 2.22. The molecule has 2 rings (SSSR count). The van der Waals surface area contributed by atoms with Crippen LogP contribution in [-0.4, -0.2) is 18.4 Å². The normalized spacial score (nSPS) is 11.1. The summed E-state index contributed by atoms with van der Waals surface area (Å²) in [5, 5.41) is 0.183. The number of aryl methyl sites for hydroxylation is 1. The molecule has 2 aromatic rings. The molecule has 0 unspecified atom stereocenters. The Kier molecular flexibility index (Phi) is 4.46. The summed E-state index contributed by atoms with van der Waals surface area (Å²) in [6.07, 6.45) is 0. The first-order chi connectivity index (χ1) is 9.79. The van der Waals surface area contributed by atoms with Crippen LogP contribution in [0.15, 0.2) is 41.3 Å². The minimum atomic E-state index is -3.78. The maximum atomic E-state index is 12.3. The van der Waals surface area contributed by atoms with Crippen LogP contribution in [0.5, 0.6) is 0 Å². The third kappa shape index (κ3) is 3.69. The lowest BCUT2D eigenvalue weighted by molar-refractivity contribution is 0.601. The van der Waals surface area contributed by atoms with E-state index in [0.717, 1.165) is 0 Å². The third-order valence-electron chi connectivity index (χ3n) is 2.64. The Balaban J connectivity index is 2.36. The number of nitrogens with two attached hydrogens (primary N) is 1. The smallest absolute Gasteiger partial charge is 0.263 e. The van der Waals surface area contributed by atoms with E-state index in [2.05, 4.69) is 9.71 Å². The summed E-state index contributed by atoms with van der Waals surface area (Å²) in [5.41, 5.74) is 6.62. The predicted molar refractivity (Wildman–Crippen MR) is 87.1 cm³/mol. The van der Waals surface area contributed by atoms with Crippen molar-refractivity contribution in [2.45, 2.75) is 11.8 Å². The third-order valence-corrected chi connectivity index (χ3v) is 4.53. The van der Waals surface area contributed by atoms with E-state index in [4.69, 9.17) is 29.6 Å². The topological polar surface area (TPSA) is 85.1 Å². The van der Waals surface area contributed by atoms with E-state index in [1.165, 1.54) is 18.2 Å². The maximum absolute atomic E-state index is 12.3. The summed E-state index contributed by atoms with van der Waals surface area (Å²) < 4.78 is 26.9. The molecule has 0 spiro atoms. The monoisotopic (exact) mass is 341 g/mol. The van der Waals surface area contributed by atoms with E-state index in [1.807, 2.05) is 0 Å². The molecule has 0 aliphatic carbocycles. The second-order valence-electron chi connectivity index (χ2n) is 4.28. The van der Waals surface area contributed by atoms with Gasteiger partial charge in [-0.3, -0.25) is 4.72 Å². The van der Waals surface area contributed by atoms with Gasteiger partial charge in [0.1, 0.15) is 10.8 Å². The minimum Gasteiger partial charge on any atom is -0.389 e. The Morgan fingerprint density at radius 1 is 1.33 bits per heavy atom. The van der Waals surface area contributed by atoms with Crippen molar-refractivity contribution in [3.63, 3.8) is 0 Å². The molecule has 0 bridgehead atoms. The van der Waals surface area contributed by atoms with Crippen LogP contribution in [-0.2, 0) is 10.0 Å². The summed E-state index contributed by atoms with van der Waals surface area (Å²) >= 11 is 10.8. The van der Waals surface area contributed by atoms with E-state index < -0.39 is 10.0 Å². The number of thiocarbonyl (C=S) groups is 1. The zero-order chi connectivity index (χ0) is 15.6. The van der Waals surface area contributed by atoms with Gasteiger partial charge in [-0.2, -0.15) is 0 Å². The lowest BCUT2D eigenvalue weighted by Crippen LogP contribution is -2.15. The second kappa shape index (κ2) is 5.97. The standard InChI is InChI=1S/C13H12ClN3O2S2/c1-8-3-2-4-12(16-8)17-21(18,19)9-5-6-10(13(15)20)11(14)7-9/h2-7H,1H3,(H2,15,20)(H,16,17). The van der Waals surface area contributed by atoms with E-state index in [-0.39, 0.29) is 20.7 Å². The van der Waals surface area contributed by atoms with Gasteiger partial charge in [0.15, 0.2) is 0 Å². The first-order valence-corrected chi connectivity index (χ1v) is 8.12. The van der Waals surface area contributed by atoms with E-state index >= 15 is 0 Å². The van der Waals surface area contributed by atoms with Crippen molar-refractivity contribution < 1.29 is 8.42 Å². The second-order valence-corrected chi connectivity index (χ2v) is 6.81. The van der Waals surface area contributed by atoms with Crippen LogP contribution in [0.4, 0.5) is 5.82 Å². The number of anilines is 1. The Morgan fingerprint density at radius 2 is 2.05 bits per heavy atom. The van der Waals surface area contributed by atoms with Crippen molar-refractivity contribution in [3.8, 4) is 0 Å². The molecular formula is C13H12ClN3O2S2. The number of nitrogens with zero attached hydrogens (tertiary/aromatic N) is 1. The summed E-state index contributed by atoms with van der Waals surface area (Å²) in [4.78, 5) is 4.21. The quantitative estimate of drug-likeness (QED) is 0.834. The van der Waals surface area contributed by atoms with Crippen LogP contribution in [0.1, 0.15) is 11.3 Å². The Bertz CT molecular complexity index is 807. The molecule has 0 aliphatic rings. The van der Waals surface area contributed by atoms with Crippen molar-refractivity contribution in [2.24, 2.45) is 5.73 Å². The van der Waals surface area contributed by atoms with E-state index in [0.29, 0.717) is 11.3 Å². The van der Waals surface area contributed by atoms with Gasteiger partial charge < -0.3 is 5.73 Å². The largest absolute Gasteiger partial charge is 0.389 e. The Labute approximate surface area is 133 Å². The summed E-state index contributed by atoms with van der Waals surface area (Å²) in [6, 6.07) is 9.21. The van der Waals surface area contributed by atoms with Gasteiger partial charge in [0, 0.05) is 11.3 Å². The molecule has 1 aromatic carbocycles. The van der Waals surface area contributed by atoms with Gasteiger partial charge in [0.05, 0.1) is 9.92 Å². The first kappa shape index (κ1) is 15.7. The van der Waals surface area contributed by atoms with Crippen LogP contribution in [0.3, 0.4) is 0 Å². The number of sulfonamides is 1. The molecule has 3 N–H and O–H groups in total. The van der Waals surface area contributed by atoms with Crippen molar-refractivity contribution in [2.75, 3.05) is 4.72 Å². The number of nitrogens with one attached hydrogen (secondary N) is 1. The summed E-state index contributed by atoms with van der Waals surface area (Å²) in [7, 11) is -3.78. The molecule has 0 fully saturated rings. The fourth-order valence-electron chi connectivity index (χ4n) is 1.66. The Hall–Kier alpha value is -1.70. The molecule has 0 radical (unpaired) electrons. The van der Waals surface area contributed by atoms with Gasteiger partial charge in [-0.05, 0) is 37.3 Å². The molecule has 110 valence electrons.